The molecule has 0 bridgehead atoms. The van der Waals surface area contributed by atoms with E-state index in [0.717, 1.165) is 22.6 Å². The van der Waals surface area contributed by atoms with Gasteiger partial charge in [-0.15, -0.1) is 0 Å². The lowest BCUT2D eigenvalue weighted by Gasteiger charge is -2.14. The zero-order valence-corrected chi connectivity index (χ0v) is 11.4. The first-order valence-corrected chi connectivity index (χ1v) is 6.39. The maximum absolute atomic E-state index is 12.2. The number of nitrogens with zero attached hydrogens (tertiary/aromatic N) is 2. The van der Waals surface area contributed by atoms with Gasteiger partial charge in [0.05, 0.1) is 24.8 Å². The van der Waals surface area contributed by atoms with Gasteiger partial charge in [0.2, 0.25) is 0 Å². The van der Waals surface area contributed by atoms with E-state index in [1.165, 1.54) is 0 Å². The van der Waals surface area contributed by atoms with Crippen molar-refractivity contribution in [2.45, 2.75) is 13.3 Å². The highest BCUT2D eigenvalue weighted by Gasteiger charge is 2.22. The van der Waals surface area contributed by atoms with Gasteiger partial charge in [-0.25, -0.2) is 9.98 Å². The average Bonchev–Trinajstić information content (AvgIpc) is 2.48. The van der Waals surface area contributed by atoms with Crippen molar-refractivity contribution in [3.8, 4) is 5.75 Å². The van der Waals surface area contributed by atoms with Crippen molar-refractivity contribution in [3.63, 3.8) is 0 Å². The summed E-state index contributed by atoms with van der Waals surface area (Å²) in [4.78, 5) is 21.0. The van der Waals surface area contributed by atoms with Gasteiger partial charge in [-0.1, -0.05) is 12.1 Å². The van der Waals surface area contributed by atoms with Gasteiger partial charge >= 0.3 is 0 Å². The lowest BCUT2D eigenvalue weighted by atomic mass is 9.97. The second-order valence-corrected chi connectivity index (χ2v) is 4.77. The summed E-state index contributed by atoms with van der Waals surface area (Å²) in [6.07, 6.45) is 2.02. The number of fused-ring (bicyclic) bond motifs is 1. The Bertz CT molecular complexity index is 720. The second-order valence-electron chi connectivity index (χ2n) is 4.77. The van der Waals surface area contributed by atoms with E-state index >= 15 is 0 Å². The van der Waals surface area contributed by atoms with Crippen molar-refractivity contribution in [1.82, 2.24) is 4.98 Å². The molecule has 0 unspecified atom stereocenters. The minimum Gasteiger partial charge on any atom is -0.497 e. The lowest BCUT2D eigenvalue weighted by Crippen LogP contribution is -2.15. The van der Waals surface area contributed by atoms with Crippen LogP contribution in [0.4, 0.5) is 5.82 Å². The SMILES string of the molecule is COc1cccc(C2=Nc3ncc(C)cc3C(=O)C2)c1. The predicted molar refractivity (Wildman–Crippen MR) is 77.1 cm³/mol. The largest absolute Gasteiger partial charge is 0.497 e. The molecule has 0 atom stereocenters. The van der Waals surface area contributed by atoms with Crippen LogP contribution >= 0.6 is 0 Å². The number of hydrogen-bond acceptors (Lipinski definition) is 4. The number of carbonyl (C=O) groups is 1. The summed E-state index contributed by atoms with van der Waals surface area (Å²) in [6.45, 7) is 1.92. The van der Waals surface area contributed by atoms with Crippen LogP contribution < -0.4 is 4.74 Å². The van der Waals surface area contributed by atoms with Crippen molar-refractivity contribution >= 4 is 17.3 Å². The molecule has 0 saturated carbocycles. The molecular formula is C16H14N2O2. The molecule has 0 fully saturated rings. The van der Waals surface area contributed by atoms with Crippen LogP contribution in [0.25, 0.3) is 0 Å². The molecule has 1 aromatic heterocycles. The molecule has 4 nitrogen and oxygen atoms in total. The summed E-state index contributed by atoms with van der Waals surface area (Å²) in [5, 5.41) is 0. The lowest BCUT2D eigenvalue weighted by molar-refractivity contribution is 0.0999. The maximum Gasteiger partial charge on any atom is 0.172 e. The number of ether oxygens (including phenoxy) is 1. The van der Waals surface area contributed by atoms with Gasteiger partial charge in [0, 0.05) is 11.8 Å². The zero-order valence-electron chi connectivity index (χ0n) is 11.4. The van der Waals surface area contributed by atoms with Crippen molar-refractivity contribution < 1.29 is 9.53 Å². The molecule has 2 heterocycles. The molecule has 1 aromatic carbocycles. The van der Waals surface area contributed by atoms with E-state index in [4.69, 9.17) is 4.74 Å². The number of benzene rings is 1. The van der Waals surface area contributed by atoms with E-state index in [2.05, 4.69) is 9.98 Å². The molecule has 2 aromatic rings. The number of rotatable bonds is 2. The molecule has 1 aliphatic heterocycles. The van der Waals surface area contributed by atoms with Gasteiger partial charge in [-0.3, -0.25) is 4.79 Å². The van der Waals surface area contributed by atoms with E-state index in [1.54, 1.807) is 13.3 Å². The van der Waals surface area contributed by atoms with Crippen LogP contribution in [0.15, 0.2) is 41.5 Å². The van der Waals surface area contributed by atoms with Crippen LogP contribution in [0.2, 0.25) is 0 Å². The number of methoxy groups -OCH3 is 1. The number of aryl methyl sites for hydroxylation is 1. The van der Waals surface area contributed by atoms with Crippen LogP contribution in [-0.4, -0.2) is 23.6 Å². The monoisotopic (exact) mass is 266 g/mol. The molecule has 20 heavy (non-hydrogen) atoms. The molecule has 1 aliphatic rings. The fraction of sp³-hybridized carbons (Fsp3) is 0.188. The summed E-state index contributed by atoms with van der Waals surface area (Å²) in [5.74, 6) is 1.31. The molecule has 3 rings (SSSR count). The Hall–Kier alpha value is -2.49. The third-order valence-electron chi connectivity index (χ3n) is 3.28. The third kappa shape index (κ3) is 2.20. The average molecular weight is 266 g/mol. The van der Waals surface area contributed by atoms with Gasteiger partial charge in [-0.05, 0) is 30.7 Å². The standard InChI is InChI=1S/C16H14N2O2/c1-10-6-13-15(19)8-14(18-16(13)17-9-10)11-4-3-5-12(7-11)20-2/h3-7,9H,8H2,1-2H3. The molecule has 0 radical (unpaired) electrons. The minimum absolute atomic E-state index is 0.0593. The molecule has 0 N–H and O–H groups in total. The Labute approximate surface area is 117 Å². The second kappa shape index (κ2) is 4.89. The summed E-state index contributed by atoms with van der Waals surface area (Å²) in [6, 6.07) is 9.40. The van der Waals surface area contributed by atoms with Crippen molar-refractivity contribution in [3.05, 3.63) is 53.2 Å². The van der Waals surface area contributed by atoms with Crippen LogP contribution in [0.3, 0.4) is 0 Å². The Balaban J connectivity index is 2.07. The first-order chi connectivity index (χ1) is 9.67. The van der Waals surface area contributed by atoms with E-state index < -0.39 is 0 Å². The summed E-state index contributed by atoms with van der Waals surface area (Å²) in [7, 11) is 1.62. The van der Waals surface area contributed by atoms with Crippen LogP contribution in [-0.2, 0) is 0 Å². The van der Waals surface area contributed by atoms with Crippen LogP contribution in [0, 0.1) is 6.92 Å². The number of hydrogen-bond donors (Lipinski definition) is 0. The molecule has 100 valence electrons. The highest BCUT2D eigenvalue weighted by atomic mass is 16.5. The van der Waals surface area contributed by atoms with Crippen LogP contribution in [0.1, 0.15) is 27.9 Å². The van der Waals surface area contributed by atoms with Gasteiger partial charge in [0.1, 0.15) is 5.75 Å². The molecule has 0 aliphatic carbocycles. The topological polar surface area (TPSA) is 51.6 Å². The van der Waals surface area contributed by atoms with E-state index in [9.17, 15) is 4.79 Å². The van der Waals surface area contributed by atoms with Gasteiger partial charge in [0.25, 0.3) is 0 Å². The normalized spacial score (nSPS) is 13.7. The zero-order chi connectivity index (χ0) is 14.1. The fourth-order valence-corrected chi connectivity index (χ4v) is 2.24. The number of carbonyl (C=O) groups excluding carboxylic acids is 1. The molecule has 4 heteroatoms. The van der Waals surface area contributed by atoms with E-state index in [-0.39, 0.29) is 5.78 Å². The smallest absolute Gasteiger partial charge is 0.172 e. The number of Topliss-reactive ketones (excluding diaryl/α,β-unsaturated/α-hetero) is 1. The summed E-state index contributed by atoms with van der Waals surface area (Å²) >= 11 is 0. The summed E-state index contributed by atoms with van der Waals surface area (Å²) in [5.41, 5.74) is 3.21. The number of aliphatic imine (C=N–C) groups is 1. The quantitative estimate of drug-likeness (QED) is 0.839. The molecule has 0 amide bonds. The highest BCUT2D eigenvalue weighted by molar-refractivity contribution is 6.20. The number of aromatic nitrogens is 1. The minimum atomic E-state index is 0.0593. The van der Waals surface area contributed by atoms with Gasteiger partial charge < -0.3 is 4.74 Å². The number of ketones is 1. The molecule has 0 spiro atoms. The van der Waals surface area contributed by atoms with Crippen molar-refractivity contribution in [2.24, 2.45) is 4.99 Å². The Morgan fingerprint density at radius 1 is 1.25 bits per heavy atom. The fourth-order valence-electron chi connectivity index (χ4n) is 2.24. The van der Waals surface area contributed by atoms with Gasteiger partial charge in [-0.2, -0.15) is 0 Å². The maximum atomic E-state index is 12.2. The number of pyridine rings is 1. The Morgan fingerprint density at radius 3 is 2.90 bits per heavy atom. The van der Waals surface area contributed by atoms with Crippen molar-refractivity contribution in [1.29, 1.82) is 0 Å². The first kappa shape index (κ1) is 12.5. The van der Waals surface area contributed by atoms with E-state index in [0.29, 0.717) is 17.8 Å². The Morgan fingerprint density at radius 2 is 2.10 bits per heavy atom. The van der Waals surface area contributed by atoms with Crippen LogP contribution in [0.5, 0.6) is 5.75 Å². The summed E-state index contributed by atoms with van der Waals surface area (Å²) < 4.78 is 5.20. The predicted octanol–water partition coefficient (Wildman–Crippen LogP) is 3.11. The molecule has 0 saturated heterocycles. The Kier molecular flexibility index (Phi) is 3.06. The van der Waals surface area contributed by atoms with E-state index in [1.807, 2.05) is 37.3 Å². The molecular weight excluding hydrogens is 252 g/mol. The van der Waals surface area contributed by atoms with Crippen molar-refractivity contribution in [2.75, 3.05) is 7.11 Å². The highest BCUT2D eigenvalue weighted by Crippen LogP contribution is 2.27. The third-order valence-corrected chi connectivity index (χ3v) is 3.28. The van der Waals surface area contributed by atoms with Gasteiger partial charge in [0.15, 0.2) is 11.6 Å². The first-order valence-electron chi connectivity index (χ1n) is 6.39.